The topological polar surface area (TPSA) is 17.1 Å². The number of rotatable bonds is 1. The van der Waals surface area contributed by atoms with Crippen LogP contribution in [0.25, 0.3) is 0 Å². The number of hydrogen-bond donors (Lipinski definition) is 0. The number of allylic oxidation sites excluding steroid dienone is 4. The van der Waals surface area contributed by atoms with Gasteiger partial charge >= 0.3 is 0 Å². The van der Waals surface area contributed by atoms with Gasteiger partial charge in [-0.25, -0.2) is 0 Å². The van der Waals surface area contributed by atoms with Gasteiger partial charge in [-0.2, -0.15) is 0 Å². The Bertz CT molecular complexity index is 263. The first-order chi connectivity index (χ1) is 5.39. The lowest BCUT2D eigenvalue weighted by Gasteiger charge is -2.32. The molecule has 0 amide bonds. The summed E-state index contributed by atoms with van der Waals surface area (Å²) in [6.07, 6.45) is 6.20. The lowest BCUT2D eigenvalue weighted by atomic mass is 9.97. The third-order valence-corrected chi connectivity index (χ3v) is 3.30. The van der Waals surface area contributed by atoms with Crippen LogP contribution in [0.4, 0.5) is 0 Å². The van der Waals surface area contributed by atoms with E-state index < -0.39 is 9.21 Å². The van der Waals surface area contributed by atoms with Gasteiger partial charge in [0.1, 0.15) is 0 Å². The molecule has 0 aliphatic heterocycles. The van der Waals surface area contributed by atoms with E-state index in [1.807, 2.05) is 0 Å². The summed E-state index contributed by atoms with van der Waals surface area (Å²) in [7, 11) is 0. The zero-order valence-electron chi connectivity index (χ0n) is 6.27. The third-order valence-electron chi connectivity index (χ3n) is 1.68. The van der Waals surface area contributed by atoms with Crippen LogP contribution >= 0.6 is 34.8 Å². The minimum absolute atomic E-state index is 0.318. The van der Waals surface area contributed by atoms with Crippen LogP contribution in [-0.2, 0) is 4.79 Å². The summed E-state index contributed by atoms with van der Waals surface area (Å²) in [6.45, 7) is 1.67. The van der Waals surface area contributed by atoms with Gasteiger partial charge in [0.25, 0.3) is 0 Å². The van der Waals surface area contributed by atoms with E-state index in [9.17, 15) is 4.79 Å². The van der Waals surface area contributed by atoms with Gasteiger partial charge < -0.3 is 0 Å². The summed E-state index contributed by atoms with van der Waals surface area (Å²) in [6, 6.07) is 0. The molecule has 1 aliphatic rings. The second-order valence-electron chi connectivity index (χ2n) is 2.73. The Morgan fingerprint density at radius 2 is 2.00 bits per heavy atom. The van der Waals surface area contributed by atoms with Crippen LogP contribution < -0.4 is 0 Å². The molecule has 1 nitrogen and oxygen atoms in total. The third kappa shape index (κ3) is 1.68. The summed E-state index contributed by atoms with van der Waals surface area (Å²) in [5, 5.41) is 0. The summed E-state index contributed by atoms with van der Waals surface area (Å²) >= 11 is 17.7. The average Bonchev–Trinajstić information content (AvgIpc) is 1.95. The fourth-order valence-electron chi connectivity index (χ4n) is 0.805. The van der Waals surface area contributed by atoms with Gasteiger partial charge in [0.2, 0.25) is 6.29 Å². The van der Waals surface area contributed by atoms with Crippen molar-refractivity contribution in [2.24, 2.45) is 0 Å². The zero-order valence-corrected chi connectivity index (χ0v) is 8.54. The monoisotopic (exact) mass is 223 g/mol. The molecule has 0 aromatic rings. The first-order valence-electron chi connectivity index (χ1n) is 3.26. The summed E-state index contributed by atoms with van der Waals surface area (Å²) in [5.41, 5.74) is 0.318. The molecule has 1 atom stereocenters. The summed E-state index contributed by atoms with van der Waals surface area (Å²) in [4.78, 5) is 9.38. The Balaban J connectivity index is 3.07. The minimum Gasteiger partial charge on any atom is -0.285 e. The Kier molecular flexibility index (Phi) is 2.57. The maximum atomic E-state index is 10.3. The van der Waals surface area contributed by atoms with Crippen LogP contribution in [0.3, 0.4) is 0 Å². The van der Waals surface area contributed by atoms with Gasteiger partial charge in [-0.05, 0) is 13.0 Å². The van der Waals surface area contributed by atoms with Crippen molar-refractivity contribution in [2.75, 3.05) is 0 Å². The van der Waals surface area contributed by atoms with E-state index in [1.165, 1.54) is 6.08 Å². The van der Waals surface area contributed by atoms with E-state index in [2.05, 4.69) is 0 Å². The second-order valence-corrected chi connectivity index (χ2v) is 4.90. The van der Waals surface area contributed by atoms with Gasteiger partial charge in [0.15, 0.2) is 4.33 Å². The van der Waals surface area contributed by atoms with Crippen LogP contribution in [-0.4, -0.2) is 15.5 Å². The van der Waals surface area contributed by atoms with Crippen molar-refractivity contribution in [3.05, 3.63) is 23.8 Å². The molecule has 0 aromatic heterocycles. The van der Waals surface area contributed by atoms with Crippen molar-refractivity contribution in [3.63, 3.8) is 0 Å². The standard InChI is InChI=1S/C8H6Cl3O/c1-7(9)3-2-6(5-12)4-8(7,10)11/h2-4H,1H3. The molecule has 65 valence electrons. The normalized spacial score (nSPS) is 32.8. The lowest BCUT2D eigenvalue weighted by molar-refractivity contribution is 0.562. The molecule has 0 saturated heterocycles. The van der Waals surface area contributed by atoms with E-state index in [1.54, 1.807) is 25.4 Å². The smallest absolute Gasteiger partial charge is 0.233 e. The van der Waals surface area contributed by atoms with Crippen molar-refractivity contribution < 1.29 is 4.79 Å². The molecule has 0 fully saturated rings. The predicted octanol–water partition coefficient (Wildman–Crippen LogP) is 2.76. The summed E-state index contributed by atoms with van der Waals surface area (Å²) < 4.78 is -1.25. The van der Waals surface area contributed by atoms with Crippen molar-refractivity contribution in [1.29, 1.82) is 0 Å². The molecule has 0 N–H and O–H groups in total. The Labute approximate surface area is 86.0 Å². The number of alkyl halides is 3. The fraction of sp³-hybridized carbons (Fsp3) is 0.375. The quantitative estimate of drug-likeness (QED) is 0.626. The Morgan fingerprint density at radius 3 is 2.42 bits per heavy atom. The predicted molar refractivity (Wildman–Crippen MR) is 51.6 cm³/mol. The number of halogens is 3. The van der Waals surface area contributed by atoms with Crippen molar-refractivity contribution in [2.45, 2.75) is 16.1 Å². The van der Waals surface area contributed by atoms with E-state index in [0.29, 0.717) is 5.57 Å². The number of hydrogen-bond acceptors (Lipinski definition) is 1. The first-order valence-corrected chi connectivity index (χ1v) is 4.39. The van der Waals surface area contributed by atoms with E-state index in [0.717, 1.165) is 0 Å². The summed E-state index contributed by atoms with van der Waals surface area (Å²) in [5.74, 6) is 0. The molecule has 0 bridgehead atoms. The van der Waals surface area contributed by atoms with E-state index in [4.69, 9.17) is 34.8 Å². The van der Waals surface area contributed by atoms with Crippen LogP contribution in [0.15, 0.2) is 23.8 Å². The molecule has 1 rings (SSSR count). The lowest BCUT2D eigenvalue weighted by Crippen LogP contribution is -2.37. The highest BCUT2D eigenvalue weighted by Crippen LogP contribution is 2.44. The molecule has 12 heavy (non-hydrogen) atoms. The van der Waals surface area contributed by atoms with Crippen LogP contribution in [0.1, 0.15) is 6.92 Å². The van der Waals surface area contributed by atoms with Crippen molar-refractivity contribution >= 4 is 41.1 Å². The van der Waals surface area contributed by atoms with Crippen LogP contribution in [0, 0.1) is 0 Å². The molecule has 0 saturated carbocycles. The highest BCUT2D eigenvalue weighted by Gasteiger charge is 2.42. The highest BCUT2D eigenvalue weighted by atomic mass is 35.5. The van der Waals surface area contributed by atoms with E-state index in [-0.39, 0.29) is 0 Å². The molecule has 0 spiro atoms. The maximum Gasteiger partial charge on any atom is 0.233 e. The fourth-order valence-corrected chi connectivity index (χ4v) is 1.28. The molecule has 0 aromatic carbocycles. The number of carbonyl (C=O) groups excluding carboxylic acids is 1. The minimum atomic E-state index is -1.25. The van der Waals surface area contributed by atoms with Gasteiger partial charge in [-0.15, -0.1) is 11.6 Å². The second kappa shape index (κ2) is 3.06. The first kappa shape index (κ1) is 10.1. The Hall–Kier alpha value is 0.0200. The van der Waals surface area contributed by atoms with Crippen molar-refractivity contribution in [3.8, 4) is 0 Å². The largest absolute Gasteiger partial charge is 0.285 e. The molecule has 1 aliphatic carbocycles. The van der Waals surface area contributed by atoms with Crippen molar-refractivity contribution in [1.82, 2.24) is 0 Å². The highest BCUT2D eigenvalue weighted by molar-refractivity contribution is 6.55. The molecule has 4 heteroatoms. The SMILES string of the molecule is CC1(Cl)C=CC([C]=O)=CC1(Cl)Cl. The van der Waals surface area contributed by atoms with Gasteiger partial charge in [-0.1, -0.05) is 35.4 Å². The van der Waals surface area contributed by atoms with Crippen LogP contribution in [0.5, 0.6) is 0 Å². The zero-order chi connectivity index (χ0) is 9.41. The maximum absolute atomic E-state index is 10.3. The molecule has 1 radical (unpaired) electrons. The Morgan fingerprint density at radius 1 is 1.42 bits per heavy atom. The van der Waals surface area contributed by atoms with Gasteiger partial charge in [0.05, 0.1) is 4.87 Å². The molecular weight excluding hydrogens is 218 g/mol. The van der Waals surface area contributed by atoms with Gasteiger partial charge in [-0.3, -0.25) is 4.79 Å². The average molecular weight is 224 g/mol. The molecular formula is C8H6Cl3O. The molecule has 0 heterocycles. The van der Waals surface area contributed by atoms with E-state index >= 15 is 0 Å². The van der Waals surface area contributed by atoms with Crippen LogP contribution in [0.2, 0.25) is 0 Å². The van der Waals surface area contributed by atoms with Gasteiger partial charge in [0, 0.05) is 5.57 Å². The molecule has 1 unspecified atom stereocenters.